The van der Waals surface area contributed by atoms with E-state index in [1.54, 1.807) is 24.3 Å². The molecule has 0 aliphatic carbocycles. The van der Waals surface area contributed by atoms with E-state index in [9.17, 15) is 14.4 Å². The number of rotatable bonds is 3. The molecular weight excluding hydrogens is 244 g/mol. The number of hydrogen-bond donors (Lipinski definition) is 1. The van der Waals surface area contributed by atoms with Gasteiger partial charge in [0.2, 0.25) is 5.24 Å². The van der Waals surface area contributed by atoms with Gasteiger partial charge >= 0.3 is 0 Å². The summed E-state index contributed by atoms with van der Waals surface area (Å²) in [4.78, 5) is 34.6. The highest BCUT2D eigenvalue weighted by molar-refractivity contribution is 6.64. The third-order valence-electron chi connectivity index (χ3n) is 2.46. The van der Waals surface area contributed by atoms with Gasteiger partial charge in [-0.15, -0.1) is 0 Å². The average Bonchev–Trinajstić information content (AvgIpc) is 2.55. The first-order valence-electron chi connectivity index (χ1n) is 4.95. The second-order valence-electron chi connectivity index (χ2n) is 3.65. The average molecular weight is 253 g/mol. The molecular formula is C11H9ClN2O3. The number of hydrogen-bond acceptors (Lipinski definition) is 4. The first kappa shape index (κ1) is 11.8. The molecule has 1 aromatic rings. The van der Waals surface area contributed by atoms with Crippen molar-refractivity contribution in [2.24, 2.45) is 0 Å². The molecule has 0 saturated heterocycles. The number of hydrazine groups is 1. The lowest BCUT2D eigenvalue weighted by Gasteiger charge is -2.18. The van der Waals surface area contributed by atoms with Crippen molar-refractivity contribution in [2.45, 2.75) is 13.0 Å². The molecule has 0 saturated carbocycles. The number of benzene rings is 1. The highest BCUT2D eigenvalue weighted by Crippen LogP contribution is 2.20. The Bertz CT molecular complexity index is 480. The molecule has 17 heavy (non-hydrogen) atoms. The number of halogens is 1. The van der Waals surface area contributed by atoms with Crippen LogP contribution in [0.2, 0.25) is 0 Å². The maximum atomic E-state index is 11.9. The Kier molecular flexibility index (Phi) is 2.95. The van der Waals surface area contributed by atoms with Gasteiger partial charge < -0.3 is 0 Å². The molecule has 0 spiro atoms. The van der Waals surface area contributed by atoms with E-state index in [0.717, 1.165) is 5.01 Å². The van der Waals surface area contributed by atoms with Gasteiger partial charge in [0.05, 0.1) is 17.2 Å². The monoisotopic (exact) mass is 252 g/mol. The van der Waals surface area contributed by atoms with Crippen LogP contribution in [0, 0.1) is 0 Å². The molecule has 5 nitrogen and oxygen atoms in total. The van der Waals surface area contributed by atoms with Gasteiger partial charge in [-0.3, -0.25) is 14.4 Å². The summed E-state index contributed by atoms with van der Waals surface area (Å²) in [6.07, 6.45) is 0. The zero-order valence-corrected chi connectivity index (χ0v) is 9.69. The van der Waals surface area contributed by atoms with Gasteiger partial charge in [-0.25, -0.2) is 10.4 Å². The molecule has 1 heterocycles. The van der Waals surface area contributed by atoms with Gasteiger partial charge in [0.1, 0.15) is 0 Å². The quantitative estimate of drug-likeness (QED) is 0.642. The summed E-state index contributed by atoms with van der Waals surface area (Å²) in [5, 5.41) is 0.150. The number of carbonyl (C=O) groups is 3. The molecule has 0 fully saturated rings. The van der Waals surface area contributed by atoms with E-state index in [0.29, 0.717) is 11.1 Å². The van der Waals surface area contributed by atoms with Gasteiger partial charge in [0.15, 0.2) is 0 Å². The van der Waals surface area contributed by atoms with Crippen molar-refractivity contribution < 1.29 is 14.4 Å². The molecule has 0 aromatic heterocycles. The standard InChI is InChI=1S/C11H9ClN2O3/c1-6(9(12)15)13-14-10(16)7-4-2-3-5-8(7)11(14)17/h2-6,13H,1H3/t6-/m0/s1. The van der Waals surface area contributed by atoms with Gasteiger partial charge in [0.25, 0.3) is 11.8 Å². The number of nitrogens with one attached hydrogen (secondary N) is 1. The molecule has 0 bridgehead atoms. The summed E-state index contributed by atoms with van der Waals surface area (Å²) in [6.45, 7) is 1.47. The van der Waals surface area contributed by atoms with Crippen molar-refractivity contribution in [3.05, 3.63) is 35.4 Å². The van der Waals surface area contributed by atoms with Crippen LogP contribution in [0.5, 0.6) is 0 Å². The minimum atomic E-state index is -0.807. The molecule has 0 unspecified atom stereocenters. The van der Waals surface area contributed by atoms with Crippen LogP contribution in [0.1, 0.15) is 27.6 Å². The molecule has 2 amide bonds. The number of carbonyl (C=O) groups excluding carboxylic acids is 3. The van der Waals surface area contributed by atoms with Crippen LogP contribution in [0.3, 0.4) is 0 Å². The fourth-order valence-electron chi connectivity index (χ4n) is 1.55. The van der Waals surface area contributed by atoms with E-state index in [1.807, 2.05) is 0 Å². The minimum Gasteiger partial charge on any atom is -0.279 e. The lowest BCUT2D eigenvalue weighted by atomic mass is 10.1. The summed E-state index contributed by atoms with van der Waals surface area (Å²) in [5.74, 6) is -0.953. The van der Waals surface area contributed by atoms with Crippen molar-refractivity contribution >= 4 is 28.7 Å². The second kappa shape index (κ2) is 4.27. The summed E-state index contributed by atoms with van der Waals surface area (Å²) in [5.41, 5.74) is 3.11. The number of nitrogens with zero attached hydrogens (tertiary/aromatic N) is 1. The largest absolute Gasteiger partial charge is 0.279 e. The minimum absolute atomic E-state index is 0.319. The fourth-order valence-corrected chi connectivity index (χ4v) is 1.60. The molecule has 88 valence electrons. The van der Waals surface area contributed by atoms with E-state index in [1.165, 1.54) is 6.92 Å². The Balaban J connectivity index is 2.27. The summed E-state index contributed by atoms with van der Waals surface area (Å²) in [7, 11) is 0. The molecule has 1 N–H and O–H groups in total. The van der Waals surface area contributed by atoms with Crippen LogP contribution in [-0.2, 0) is 4.79 Å². The van der Waals surface area contributed by atoms with Gasteiger partial charge in [-0.05, 0) is 30.7 Å². The van der Waals surface area contributed by atoms with Crippen molar-refractivity contribution in [3.8, 4) is 0 Å². The maximum absolute atomic E-state index is 11.9. The summed E-state index contributed by atoms with van der Waals surface area (Å²) in [6, 6.07) is 5.65. The van der Waals surface area contributed by atoms with E-state index < -0.39 is 23.1 Å². The van der Waals surface area contributed by atoms with Crippen LogP contribution in [0.4, 0.5) is 0 Å². The number of amides is 2. The zero-order chi connectivity index (χ0) is 12.6. The fraction of sp³-hybridized carbons (Fsp3) is 0.182. The lowest BCUT2D eigenvalue weighted by Crippen LogP contribution is -2.48. The maximum Gasteiger partial charge on any atom is 0.276 e. The predicted molar refractivity (Wildman–Crippen MR) is 60.4 cm³/mol. The molecule has 1 aromatic carbocycles. The van der Waals surface area contributed by atoms with Crippen LogP contribution in [0.25, 0.3) is 0 Å². The van der Waals surface area contributed by atoms with E-state index >= 15 is 0 Å². The van der Waals surface area contributed by atoms with Gasteiger partial charge in [-0.2, -0.15) is 0 Å². The SMILES string of the molecule is C[C@H](NN1C(=O)c2ccccc2C1=O)C(=O)Cl. The van der Waals surface area contributed by atoms with Crippen molar-refractivity contribution in [3.63, 3.8) is 0 Å². The first-order chi connectivity index (χ1) is 8.02. The Hall–Kier alpha value is -1.72. The third-order valence-corrected chi connectivity index (χ3v) is 2.78. The highest BCUT2D eigenvalue weighted by atomic mass is 35.5. The summed E-state index contributed by atoms with van der Waals surface area (Å²) >= 11 is 5.26. The van der Waals surface area contributed by atoms with Crippen LogP contribution >= 0.6 is 11.6 Å². The first-order valence-corrected chi connectivity index (χ1v) is 5.33. The van der Waals surface area contributed by atoms with Crippen molar-refractivity contribution in [1.82, 2.24) is 10.4 Å². The molecule has 2 rings (SSSR count). The Labute approximate surface area is 102 Å². The van der Waals surface area contributed by atoms with Crippen molar-refractivity contribution in [2.75, 3.05) is 0 Å². The predicted octanol–water partition coefficient (Wildman–Crippen LogP) is 0.941. The smallest absolute Gasteiger partial charge is 0.276 e. The Morgan fingerprint density at radius 1 is 1.24 bits per heavy atom. The van der Waals surface area contributed by atoms with E-state index in [-0.39, 0.29) is 0 Å². The number of imide groups is 1. The third kappa shape index (κ3) is 1.94. The highest BCUT2D eigenvalue weighted by Gasteiger charge is 2.36. The molecule has 1 aliphatic rings. The van der Waals surface area contributed by atoms with Gasteiger partial charge in [0, 0.05) is 0 Å². The van der Waals surface area contributed by atoms with Crippen LogP contribution in [0.15, 0.2) is 24.3 Å². The Morgan fingerprint density at radius 3 is 2.12 bits per heavy atom. The Morgan fingerprint density at radius 2 is 1.71 bits per heavy atom. The molecule has 1 aliphatic heterocycles. The zero-order valence-electron chi connectivity index (χ0n) is 8.94. The molecule has 0 radical (unpaired) electrons. The normalized spacial score (nSPS) is 16.0. The van der Waals surface area contributed by atoms with Crippen LogP contribution < -0.4 is 5.43 Å². The van der Waals surface area contributed by atoms with Gasteiger partial charge in [-0.1, -0.05) is 12.1 Å². The summed E-state index contributed by atoms with van der Waals surface area (Å²) < 4.78 is 0. The van der Waals surface area contributed by atoms with Crippen LogP contribution in [-0.4, -0.2) is 28.1 Å². The van der Waals surface area contributed by atoms with E-state index in [4.69, 9.17) is 11.6 Å². The lowest BCUT2D eigenvalue weighted by molar-refractivity contribution is -0.113. The second-order valence-corrected chi connectivity index (χ2v) is 4.02. The topological polar surface area (TPSA) is 66.5 Å². The number of fused-ring (bicyclic) bond motifs is 1. The molecule has 6 heteroatoms. The van der Waals surface area contributed by atoms with Crippen molar-refractivity contribution in [1.29, 1.82) is 0 Å². The van der Waals surface area contributed by atoms with E-state index in [2.05, 4.69) is 5.43 Å². The molecule has 1 atom stereocenters.